The van der Waals surface area contributed by atoms with Crippen LogP contribution in [0.5, 0.6) is 0 Å². The average molecular weight is 161 g/mol. The van der Waals surface area contributed by atoms with Crippen molar-refractivity contribution in [2.24, 2.45) is 0 Å². The van der Waals surface area contributed by atoms with E-state index in [1.165, 1.54) is 0 Å². The van der Waals surface area contributed by atoms with Crippen molar-refractivity contribution in [3.63, 3.8) is 0 Å². The van der Waals surface area contributed by atoms with Gasteiger partial charge in [0.05, 0.1) is 13.0 Å². The minimum atomic E-state index is -0.184. The molecule has 0 saturated heterocycles. The van der Waals surface area contributed by atoms with Gasteiger partial charge in [0.2, 0.25) is 5.91 Å². The van der Waals surface area contributed by atoms with Crippen molar-refractivity contribution in [1.29, 1.82) is 0 Å². The molecule has 1 N–H and O–H groups in total. The number of carbonyl (C=O) groups excluding carboxylic acids is 1. The summed E-state index contributed by atoms with van der Waals surface area (Å²) in [5, 5.41) is 2.12. The fraction of sp³-hybridized carbons (Fsp3) is 0.200. The summed E-state index contributed by atoms with van der Waals surface area (Å²) < 4.78 is 0. The fourth-order valence-corrected chi connectivity index (χ4v) is 1.02. The molecule has 2 radical (unpaired) electrons. The number of amides is 1. The van der Waals surface area contributed by atoms with Gasteiger partial charge in [0.15, 0.2) is 0 Å². The average Bonchev–Trinajstić information content (AvgIpc) is 2.17. The molecule has 1 aromatic carbocycles. The third-order valence-corrected chi connectivity index (χ3v) is 1.84. The van der Waals surface area contributed by atoms with Crippen LogP contribution in [0.15, 0.2) is 30.3 Å². The topological polar surface area (TPSA) is 29.1 Å². The summed E-state index contributed by atoms with van der Waals surface area (Å²) in [6.07, 6.45) is 0. The van der Waals surface area contributed by atoms with E-state index in [-0.39, 0.29) is 11.8 Å². The van der Waals surface area contributed by atoms with E-state index in [1.54, 1.807) is 0 Å². The predicted molar refractivity (Wildman–Crippen MR) is 47.3 cm³/mol. The zero-order chi connectivity index (χ0) is 8.97. The Bertz CT molecular complexity index is 256. The highest BCUT2D eigenvalue weighted by atomic mass is 16.1. The minimum Gasteiger partial charge on any atom is -0.349 e. The molecule has 2 heteroatoms. The van der Waals surface area contributed by atoms with E-state index in [0.29, 0.717) is 0 Å². The van der Waals surface area contributed by atoms with E-state index in [9.17, 15) is 4.79 Å². The Hall–Kier alpha value is -1.31. The van der Waals surface area contributed by atoms with Gasteiger partial charge in [-0.1, -0.05) is 30.3 Å². The summed E-state index contributed by atoms with van der Waals surface area (Å²) in [5.41, 5.74) is 0.973. The molecule has 62 valence electrons. The molecular weight excluding hydrogens is 150 g/mol. The van der Waals surface area contributed by atoms with Gasteiger partial charge in [0.25, 0.3) is 0 Å². The molecule has 0 aromatic heterocycles. The first kappa shape index (κ1) is 8.78. The molecule has 12 heavy (non-hydrogen) atoms. The second-order valence-corrected chi connectivity index (χ2v) is 2.64. The molecular formula is C10H11NO. The van der Waals surface area contributed by atoms with E-state index in [0.717, 1.165) is 5.56 Å². The van der Waals surface area contributed by atoms with Crippen molar-refractivity contribution < 1.29 is 4.79 Å². The second-order valence-electron chi connectivity index (χ2n) is 2.64. The Morgan fingerprint density at radius 2 is 2.00 bits per heavy atom. The lowest BCUT2D eigenvalue weighted by Gasteiger charge is -2.08. The van der Waals surface area contributed by atoms with Crippen molar-refractivity contribution in [2.75, 3.05) is 0 Å². The zero-order valence-corrected chi connectivity index (χ0v) is 6.95. The molecule has 1 unspecified atom stereocenters. The SMILES string of the molecule is [CH]NC(=O)C(C)c1ccccc1. The molecule has 1 atom stereocenters. The molecule has 0 bridgehead atoms. The molecule has 0 fully saturated rings. The smallest absolute Gasteiger partial charge is 0.227 e. The molecule has 1 amide bonds. The number of nitrogens with one attached hydrogen (secondary N) is 1. The van der Waals surface area contributed by atoms with Gasteiger partial charge in [-0.15, -0.1) is 0 Å². The predicted octanol–water partition coefficient (Wildman–Crippen LogP) is 1.57. The normalized spacial score (nSPS) is 12.2. The molecule has 2 nitrogen and oxygen atoms in total. The van der Waals surface area contributed by atoms with Crippen molar-refractivity contribution in [3.8, 4) is 0 Å². The van der Waals surface area contributed by atoms with E-state index >= 15 is 0 Å². The maximum Gasteiger partial charge on any atom is 0.227 e. The zero-order valence-electron chi connectivity index (χ0n) is 6.95. The minimum absolute atomic E-state index is 0.166. The number of carbonyl (C=O) groups is 1. The summed E-state index contributed by atoms with van der Waals surface area (Å²) in [7, 11) is 5.01. The largest absolute Gasteiger partial charge is 0.349 e. The Kier molecular flexibility index (Phi) is 2.86. The van der Waals surface area contributed by atoms with Crippen LogP contribution in [0.1, 0.15) is 18.4 Å². The van der Waals surface area contributed by atoms with Crippen molar-refractivity contribution in [3.05, 3.63) is 42.9 Å². The maximum absolute atomic E-state index is 11.1. The monoisotopic (exact) mass is 161 g/mol. The van der Waals surface area contributed by atoms with Gasteiger partial charge in [0, 0.05) is 0 Å². The third-order valence-electron chi connectivity index (χ3n) is 1.84. The summed E-state index contributed by atoms with van der Waals surface area (Å²) in [6, 6.07) is 9.52. The fourth-order valence-electron chi connectivity index (χ4n) is 1.02. The number of benzene rings is 1. The first-order valence-corrected chi connectivity index (χ1v) is 3.81. The van der Waals surface area contributed by atoms with Gasteiger partial charge < -0.3 is 5.32 Å². The molecule has 0 spiro atoms. The highest BCUT2D eigenvalue weighted by Gasteiger charge is 2.11. The van der Waals surface area contributed by atoms with E-state index in [4.69, 9.17) is 7.05 Å². The van der Waals surface area contributed by atoms with Gasteiger partial charge in [-0.25, -0.2) is 0 Å². The third kappa shape index (κ3) is 1.84. The number of rotatable bonds is 2. The molecule has 1 rings (SSSR count). The van der Waals surface area contributed by atoms with Gasteiger partial charge in [-0.2, -0.15) is 0 Å². The van der Waals surface area contributed by atoms with E-state index < -0.39 is 0 Å². The molecule has 1 aromatic rings. The Labute approximate surface area is 72.6 Å². The first-order valence-electron chi connectivity index (χ1n) is 3.81. The Balaban J connectivity index is 2.78. The first-order chi connectivity index (χ1) is 5.75. The van der Waals surface area contributed by atoms with Crippen LogP contribution in [0.2, 0.25) is 0 Å². The second kappa shape index (κ2) is 3.90. The highest BCUT2D eigenvalue weighted by molar-refractivity contribution is 5.83. The van der Waals surface area contributed by atoms with Gasteiger partial charge >= 0.3 is 0 Å². The summed E-state index contributed by atoms with van der Waals surface area (Å²) in [4.78, 5) is 11.1. The summed E-state index contributed by atoms with van der Waals surface area (Å²) >= 11 is 0. The van der Waals surface area contributed by atoms with Crippen LogP contribution in [0.3, 0.4) is 0 Å². The van der Waals surface area contributed by atoms with Crippen LogP contribution in [0, 0.1) is 7.05 Å². The van der Waals surface area contributed by atoms with Crippen molar-refractivity contribution in [2.45, 2.75) is 12.8 Å². The van der Waals surface area contributed by atoms with Gasteiger partial charge in [0.1, 0.15) is 0 Å². The van der Waals surface area contributed by atoms with Crippen molar-refractivity contribution >= 4 is 5.91 Å². The van der Waals surface area contributed by atoms with Crippen molar-refractivity contribution in [1.82, 2.24) is 5.32 Å². The van der Waals surface area contributed by atoms with Crippen LogP contribution in [0.25, 0.3) is 0 Å². The van der Waals surface area contributed by atoms with Crippen LogP contribution >= 0.6 is 0 Å². The Morgan fingerprint density at radius 1 is 1.42 bits per heavy atom. The standard InChI is InChI=1S/C10H11NO/c1-8(10(12)11-2)9-6-4-3-5-7-9/h2-8H,1H3,(H,11,12). The molecule has 0 heterocycles. The number of hydrogen-bond donors (Lipinski definition) is 1. The maximum atomic E-state index is 11.1. The van der Waals surface area contributed by atoms with E-state index in [1.807, 2.05) is 37.3 Å². The lowest BCUT2D eigenvalue weighted by atomic mass is 10.0. The summed E-state index contributed by atoms with van der Waals surface area (Å²) in [6.45, 7) is 1.82. The van der Waals surface area contributed by atoms with Gasteiger partial charge in [-0.3, -0.25) is 4.79 Å². The highest BCUT2D eigenvalue weighted by Crippen LogP contribution is 2.13. The van der Waals surface area contributed by atoms with Crippen LogP contribution in [-0.4, -0.2) is 5.91 Å². The Morgan fingerprint density at radius 3 is 2.50 bits per heavy atom. The van der Waals surface area contributed by atoms with Crippen LogP contribution in [0.4, 0.5) is 0 Å². The van der Waals surface area contributed by atoms with E-state index in [2.05, 4.69) is 5.32 Å². The van der Waals surface area contributed by atoms with Crippen LogP contribution < -0.4 is 5.32 Å². The number of hydrogen-bond acceptors (Lipinski definition) is 1. The lowest BCUT2D eigenvalue weighted by Crippen LogP contribution is -2.21. The van der Waals surface area contributed by atoms with Crippen LogP contribution in [-0.2, 0) is 4.79 Å². The van der Waals surface area contributed by atoms with Gasteiger partial charge in [-0.05, 0) is 12.5 Å². The molecule has 0 aliphatic rings. The molecule has 0 aliphatic carbocycles. The molecule has 0 saturated carbocycles. The quantitative estimate of drug-likeness (QED) is 0.655. The molecule has 0 aliphatic heterocycles. The summed E-state index contributed by atoms with van der Waals surface area (Å²) in [5.74, 6) is -0.350. The lowest BCUT2D eigenvalue weighted by molar-refractivity contribution is -0.121.